The van der Waals surface area contributed by atoms with Crippen LogP contribution in [0.1, 0.15) is 130 Å². The normalized spacial score (nSPS) is 10.3. The van der Waals surface area contributed by atoms with E-state index in [0.29, 0.717) is 12.5 Å². The number of hydrogen-bond donors (Lipinski definition) is 2. The molecule has 0 atom stereocenters. The first-order chi connectivity index (χ1) is 32.1. The molecule has 65 heavy (non-hydrogen) atoms. The SMILES string of the molecule is BrCCCc1ccccc1.N#CCCCc1ccccc1.N=C(CCCCc1ccccc1)CCCCc1ccccc1.NC(CCCCc1ccccc1)CCCCc1ccccc1. The molecule has 0 aromatic heterocycles. The fourth-order valence-electron chi connectivity index (χ4n) is 7.59. The molecule has 0 unspecified atom stereocenters. The maximum atomic E-state index is 8.29. The standard InChI is InChI=1S/C21H29N.C21H27N.C10H11N.C9H11Br/c2*22-21(17-9-7-15-19-11-3-1-4-12-19)18-10-8-16-20-13-5-2-6-14-20;11-9-5-4-8-10-6-2-1-3-7-10;10-8-4-7-9-5-2-1-3-6-9/h1-6,11-14,21H,7-10,15-18,22H2;1-6,11-14,22H,7-10,15-18H2;1-3,6-7H,4-5,8H2;1-3,5-6H,4,7-8H2. The largest absolute Gasteiger partial charge is 0.328 e. The van der Waals surface area contributed by atoms with E-state index in [2.05, 4.69) is 186 Å². The zero-order valence-electron chi connectivity index (χ0n) is 39.4. The maximum Gasteiger partial charge on any atom is 0.0621 e. The molecule has 0 fully saturated rings. The molecule has 6 rings (SSSR count). The average Bonchev–Trinajstić information content (AvgIpc) is 3.36. The lowest BCUT2D eigenvalue weighted by atomic mass is 10.00. The van der Waals surface area contributed by atoms with E-state index in [1.54, 1.807) is 0 Å². The molecule has 0 radical (unpaired) electrons. The van der Waals surface area contributed by atoms with E-state index in [1.807, 2.05) is 18.2 Å². The minimum absolute atomic E-state index is 0.381. The Morgan fingerprint density at radius 2 is 0.662 bits per heavy atom. The summed E-state index contributed by atoms with van der Waals surface area (Å²) in [5.41, 5.74) is 15.6. The van der Waals surface area contributed by atoms with Gasteiger partial charge in [0.05, 0.1) is 6.07 Å². The Morgan fingerprint density at radius 1 is 0.400 bits per heavy atom. The van der Waals surface area contributed by atoms with Crippen LogP contribution in [0.2, 0.25) is 0 Å². The van der Waals surface area contributed by atoms with Crippen LogP contribution in [0.3, 0.4) is 0 Å². The van der Waals surface area contributed by atoms with Crippen molar-refractivity contribution in [1.82, 2.24) is 0 Å². The van der Waals surface area contributed by atoms with Crippen molar-refractivity contribution in [3.63, 3.8) is 0 Å². The summed E-state index contributed by atoms with van der Waals surface area (Å²) in [4.78, 5) is 0. The van der Waals surface area contributed by atoms with Gasteiger partial charge in [-0.1, -0.05) is 211 Å². The van der Waals surface area contributed by atoms with E-state index in [4.69, 9.17) is 16.4 Å². The highest BCUT2D eigenvalue weighted by molar-refractivity contribution is 9.09. The van der Waals surface area contributed by atoms with E-state index in [0.717, 1.165) is 75.2 Å². The second-order valence-corrected chi connectivity index (χ2v) is 17.8. The number of nitrogens with one attached hydrogen (secondary N) is 1. The second-order valence-electron chi connectivity index (χ2n) is 17.0. The van der Waals surface area contributed by atoms with E-state index >= 15 is 0 Å². The number of nitrogens with two attached hydrogens (primary N) is 1. The summed E-state index contributed by atoms with van der Waals surface area (Å²) in [7, 11) is 0. The van der Waals surface area contributed by atoms with Crippen LogP contribution < -0.4 is 5.73 Å². The molecule has 0 amide bonds. The van der Waals surface area contributed by atoms with Gasteiger partial charge in [-0.25, -0.2) is 0 Å². The van der Waals surface area contributed by atoms with Crippen molar-refractivity contribution >= 4 is 21.6 Å². The third-order valence-electron chi connectivity index (χ3n) is 11.4. The van der Waals surface area contributed by atoms with Gasteiger partial charge in [0, 0.05) is 23.5 Å². The van der Waals surface area contributed by atoms with E-state index in [-0.39, 0.29) is 0 Å². The summed E-state index contributed by atoms with van der Waals surface area (Å²) < 4.78 is 0. The van der Waals surface area contributed by atoms with E-state index in [1.165, 1.54) is 97.6 Å². The van der Waals surface area contributed by atoms with Crippen LogP contribution in [0.25, 0.3) is 0 Å². The summed E-state index contributed by atoms with van der Waals surface area (Å²) in [6.07, 6.45) is 23.7. The van der Waals surface area contributed by atoms with Crippen molar-refractivity contribution in [3.05, 3.63) is 215 Å². The maximum absolute atomic E-state index is 8.29. The summed E-state index contributed by atoms with van der Waals surface area (Å²) >= 11 is 3.41. The van der Waals surface area contributed by atoms with Gasteiger partial charge in [0.15, 0.2) is 0 Å². The molecule has 6 aromatic carbocycles. The molecule has 0 saturated carbocycles. The lowest BCUT2D eigenvalue weighted by molar-refractivity contribution is 0.506. The monoisotopic (exact) mass is 932 g/mol. The van der Waals surface area contributed by atoms with Gasteiger partial charge < -0.3 is 11.1 Å². The minimum atomic E-state index is 0.381. The Kier molecular flexibility index (Phi) is 31.9. The number of nitriles is 1. The molecule has 3 N–H and O–H groups in total. The van der Waals surface area contributed by atoms with Gasteiger partial charge >= 0.3 is 0 Å². The number of unbranched alkanes of at least 4 members (excludes halogenated alkanes) is 5. The van der Waals surface area contributed by atoms with Gasteiger partial charge in [-0.15, -0.1) is 0 Å². The molecule has 0 aliphatic carbocycles. The summed E-state index contributed by atoms with van der Waals surface area (Å²) in [5.74, 6) is 0. The third kappa shape index (κ3) is 29.9. The smallest absolute Gasteiger partial charge is 0.0621 e. The molecule has 4 heteroatoms. The van der Waals surface area contributed by atoms with Crippen molar-refractivity contribution in [2.24, 2.45) is 5.73 Å². The molecule has 0 aliphatic heterocycles. The molecule has 0 saturated heterocycles. The Morgan fingerprint density at radius 3 is 0.938 bits per heavy atom. The zero-order chi connectivity index (χ0) is 46.1. The van der Waals surface area contributed by atoms with Gasteiger partial charge in [0.2, 0.25) is 0 Å². The van der Waals surface area contributed by atoms with Gasteiger partial charge in [0.1, 0.15) is 0 Å². The lowest BCUT2D eigenvalue weighted by Crippen LogP contribution is -2.19. The Bertz CT molecular complexity index is 1900. The van der Waals surface area contributed by atoms with E-state index in [9.17, 15) is 0 Å². The van der Waals surface area contributed by atoms with Crippen molar-refractivity contribution in [3.8, 4) is 6.07 Å². The molecular weight excluding hydrogens is 855 g/mol. The number of halogens is 1. The van der Waals surface area contributed by atoms with Crippen molar-refractivity contribution < 1.29 is 0 Å². The zero-order valence-corrected chi connectivity index (χ0v) is 40.9. The Hall–Kier alpha value is -5.08. The fourth-order valence-corrected chi connectivity index (χ4v) is 7.87. The van der Waals surface area contributed by atoms with E-state index < -0.39 is 0 Å². The van der Waals surface area contributed by atoms with Gasteiger partial charge in [-0.3, -0.25) is 0 Å². The van der Waals surface area contributed by atoms with Crippen LogP contribution >= 0.6 is 15.9 Å². The highest BCUT2D eigenvalue weighted by Crippen LogP contribution is 2.14. The summed E-state index contributed by atoms with van der Waals surface area (Å²) in [6, 6.07) is 66.1. The van der Waals surface area contributed by atoms with Crippen molar-refractivity contribution in [1.29, 1.82) is 10.7 Å². The van der Waals surface area contributed by atoms with Crippen LogP contribution in [-0.2, 0) is 38.5 Å². The molecule has 3 nitrogen and oxygen atoms in total. The molecule has 0 bridgehead atoms. The Labute approximate surface area is 403 Å². The van der Waals surface area contributed by atoms with Gasteiger partial charge in [0.25, 0.3) is 0 Å². The number of aryl methyl sites for hydroxylation is 6. The fraction of sp³-hybridized carbons (Fsp3) is 0.377. The number of nitrogens with zero attached hydrogens (tertiary/aromatic N) is 1. The first-order valence-corrected chi connectivity index (χ1v) is 25.7. The van der Waals surface area contributed by atoms with Crippen LogP contribution in [0, 0.1) is 16.7 Å². The highest BCUT2D eigenvalue weighted by atomic mass is 79.9. The highest BCUT2D eigenvalue weighted by Gasteiger charge is 2.04. The topological polar surface area (TPSA) is 73.7 Å². The molecule has 344 valence electrons. The average molecular weight is 933 g/mol. The first-order valence-electron chi connectivity index (χ1n) is 24.5. The first kappa shape index (κ1) is 54.3. The van der Waals surface area contributed by atoms with Gasteiger partial charge in [-0.05, 0) is 149 Å². The number of alkyl halides is 1. The molecule has 0 aliphatic rings. The van der Waals surface area contributed by atoms with Crippen LogP contribution in [0.15, 0.2) is 182 Å². The minimum Gasteiger partial charge on any atom is -0.328 e. The van der Waals surface area contributed by atoms with Crippen molar-refractivity contribution in [2.45, 2.75) is 141 Å². The molecule has 0 spiro atoms. The van der Waals surface area contributed by atoms with Crippen LogP contribution in [0.5, 0.6) is 0 Å². The Balaban J connectivity index is 0.000000244. The number of benzene rings is 6. The molecule has 0 heterocycles. The predicted molar refractivity (Wildman–Crippen MR) is 285 cm³/mol. The third-order valence-corrected chi connectivity index (χ3v) is 11.9. The lowest BCUT2D eigenvalue weighted by Gasteiger charge is -2.11. The molecule has 6 aromatic rings. The number of rotatable bonds is 26. The second kappa shape index (κ2) is 38.2. The molecular formula is C61H78BrN3. The van der Waals surface area contributed by atoms with Crippen molar-refractivity contribution in [2.75, 3.05) is 5.33 Å². The number of hydrogen-bond acceptors (Lipinski definition) is 3. The predicted octanol–water partition coefficient (Wildman–Crippen LogP) is 16.5. The summed E-state index contributed by atoms with van der Waals surface area (Å²) in [6.45, 7) is 0. The quantitative estimate of drug-likeness (QED) is 0.0323. The summed E-state index contributed by atoms with van der Waals surface area (Å²) in [5, 5.41) is 17.4. The van der Waals surface area contributed by atoms with Crippen LogP contribution in [-0.4, -0.2) is 17.1 Å². The van der Waals surface area contributed by atoms with Gasteiger partial charge in [-0.2, -0.15) is 5.26 Å². The van der Waals surface area contributed by atoms with Crippen LogP contribution in [0.4, 0.5) is 0 Å².